The predicted octanol–water partition coefficient (Wildman–Crippen LogP) is 2.37. The fourth-order valence-corrected chi connectivity index (χ4v) is 8.06. The molecule has 1 amide bonds. The minimum Gasteiger partial charge on any atom is -0.875 e. The van der Waals surface area contributed by atoms with Crippen molar-refractivity contribution in [3.63, 3.8) is 0 Å². The van der Waals surface area contributed by atoms with Crippen LogP contribution in [0.3, 0.4) is 0 Å². The van der Waals surface area contributed by atoms with Crippen LogP contribution < -0.4 is 26.2 Å². The first-order chi connectivity index (χ1) is 27.2. The van der Waals surface area contributed by atoms with E-state index in [4.69, 9.17) is 24.8 Å². The van der Waals surface area contributed by atoms with Crippen molar-refractivity contribution >= 4 is 34.9 Å². The number of hydrogen-bond acceptors (Lipinski definition) is 13. The molecule has 5 aliphatic rings. The molecule has 5 rings (SSSR count). The van der Waals surface area contributed by atoms with Gasteiger partial charge in [0.25, 0.3) is 0 Å². The van der Waals surface area contributed by atoms with Gasteiger partial charge < -0.3 is 40.9 Å². The maximum atomic E-state index is 14.2. The number of nitrogens with zero attached hydrogens (tertiary/aromatic N) is 5. The van der Waals surface area contributed by atoms with E-state index in [1.807, 2.05) is 58.0 Å². The molecular formula is C43H58N8O6Pd. The molecule has 4 atom stereocenters. The standard InChI is InChI=1S/C43H60N8O6.Pd/c1-10-28-23(2)31-22-36-39(27(6)53)25(4)33(48-36)20-32-24(3)29(11-12-37(54)45-14-13-44-16-18-52)41(49-32)30(19-38(55)57-9)42-40(43(56)46-15-17-51(7)8)26(5)34(50-42)21-35(28)47-31;/h20-24,28-29,44,47,52-53H,10-19H2,1-9H3,(H,45,54)(H,46,56);/q;+2/p-2/b31-22?,32-20?,35-21?,39-27+,42-30?;/t23-,24+,28-,29+;/m1./s1. The first kappa shape index (κ1) is 46.4. The Kier molecular flexibility index (Phi) is 16.5. The van der Waals surface area contributed by atoms with Gasteiger partial charge in [0, 0.05) is 84.5 Å². The van der Waals surface area contributed by atoms with Gasteiger partial charge in [-0.05, 0) is 81.6 Å². The van der Waals surface area contributed by atoms with Gasteiger partial charge in [0.15, 0.2) is 0 Å². The summed E-state index contributed by atoms with van der Waals surface area (Å²) in [6.45, 7) is 13.8. The van der Waals surface area contributed by atoms with Crippen LogP contribution >= 0.6 is 0 Å². The molecule has 0 unspecified atom stereocenters. The number of aliphatic hydroxyl groups is 1. The second-order valence-electron chi connectivity index (χ2n) is 15.5. The second kappa shape index (κ2) is 20.6. The van der Waals surface area contributed by atoms with E-state index in [1.54, 1.807) is 6.92 Å². The number of hydrogen-bond donors (Lipinski definition) is 4. The molecule has 0 saturated carbocycles. The van der Waals surface area contributed by atoms with E-state index in [2.05, 4.69) is 34.8 Å². The average Bonchev–Trinajstić information content (AvgIpc) is 3.85. The molecule has 5 aliphatic heterocycles. The maximum absolute atomic E-state index is 14.2. The van der Waals surface area contributed by atoms with E-state index in [0.717, 1.165) is 23.4 Å². The Morgan fingerprint density at radius 2 is 1.71 bits per heavy atom. The number of rotatable bonds is 15. The zero-order chi connectivity index (χ0) is 41.6. The van der Waals surface area contributed by atoms with Gasteiger partial charge in [0.2, 0.25) is 5.91 Å². The van der Waals surface area contributed by atoms with Gasteiger partial charge in [-0.2, -0.15) is 0 Å². The Hall–Kier alpha value is -4.26. The first-order valence-corrected chi connectivity index (χ1v) is 19.9. The summed E-state index contributed by atoms with van der Waals surface area (Å²) in [4.78, 5) is 48.3. The number of fused-ring (bicyclic) bond motifs is 5. The van der Waals surface area contributed by atoms with Crippen molar-refractivity contribution in [1.29, 1.82) is 0 Å². The van der Waals surface area contributed by atoms with Crippen LogP contribution in [0.1, 0.15) is 67.2 Å². The topological polar surface area (TPSA) is 198 Å². The van der Waals surface area contributed by atoms with Crippen LogP contribution in [0.15, 0.2) is 100 Å². The average molecular weight is 889 g/mol. The Labute approximate surface area is 356 Å². The molecule has 14 nitrogen and oxygen atoms in total. The van der Waals surface area contributed by atoms with Crippen LogP contribution in [0.25, 0.3) is 0 Å². The third-order valence-electron chi connectivity index (χ3n) is 11.4. The molecule has 1 fully saturated rings. The summed E-state index contributed by atoms with van der Waals surface area (Å²) in [6, 6.07) is 0. The van der Waals surface area contributed by atoms with Gasteiger partial charge in [-0.3, -0.25) is 19.6 Å². The summed E-state index contributed by atoms with van der Waals surface area (Å²) in [5, 5.41) is 46.0. The number of carbonyl (C=O) groups excluding carboxylic acids is 2. The Morgan fingerprint density at radius 1 is 0.983 bits per heavy atom. The van der Waals surface area contributed by atoms with Crippen molar-refractivity contribution in [2.24, 2.45) is 43.6 Å². The zero-order valence-electron chi connectivity index (χ0n) is 35.2. The molecule has 0 radical (unpaired) electrons. The second-order valence-corrected chi connectivity index (χ2v) is 15.5. The smallest absolute Gasteiger partial charge is 0.875 e. The molecule has 0 aromatic heterocycles. The minimum absolute atomic E-state index is 0. The molecule has 8 bridgehead atoms. The van der Waals surface area contributed by atoms with Crippen LogP contribution in [0.5, 0.6) is 0 Å². The number of amides is 1. The summed E-state index contributed by atoms with van der Waals surface area (Å²) in [7, 11) is 5.15. The maximum Gasteiger partial charge on any atom is 2.00 e. The van der Waals surface area contributed by atoms with Gasteiger partial charge in [0.05, 0.1) is 55.2 Å². The van der Waals surface area contributed by atoms with Crippen molar-refractivity contribution < 1.29 is 50.1 Å². The fraction of sp³-hybridized carbons (Fsp3) is 0.535. The SMILES string of the molecule is CC[C@H]1C2=CC3=NC(=C(CC(=O)OC)C4=NC(=CC5=C(C)/C(=C(/C)[O-])C(=N5)C=C(N2)[C@@H]1C)[C@@H](C)[C@@H]4CCC(=O)NCCNCCO)C(C([O-])=NCCN(C)C)=C3C.[Pd+2]. The Bertz CT molecular complexity index is 1990. The van der Waals surface area contributed by atoms with Crippen molar-refractivity contribution in [3.05, 3.63) is 80.3 Å². The van der Waals surface area contributed by atoms with Crippen LogP contribution in [-0.2, 0) is 34.7 Å². The monoisotopic (exact) mass is 888 g/mol. The molecule has 0 aliphatic carbocycles. The molecular weight excluding hydrogens is 831 g/mol. The Balaban J connectivity index is 0.00000744. The third kappa shape index (κ3) is 10.3. The number of ether oxygens (including phenoxy) is 1. The number of aliphatic hydroxyl groups excluding tert-OH is 1. The molecule has 15 heteroatoms. The summed E-state index contributed by atoms with van der Waals surface area (Å²) < 4.78 is 5.23. The number of esters is 1. The summed E-state index contributed by atoms with van der Waals surface area (Å²) in [5.41, 5.74) is 7.82. The zero-order valence-corrected chi connectivity index (χ0v) is 36.7. The molecule has 5 heterocycles. The van der Waals surface area contributed by atoms with Gasteiger partial charge >= 0.3 is 26.4 Å². The number of carbonyl (C=O) groups is 2. The van der Waals surface area contributed by atoms with Gasteiger partial charge in [0.1, 0.15) is 0 Å². The van der Waals surface area contributed by atoms with E-state index < -0.39 is 11.9 Å². The molecule has 316 valence electrons. The number of allylic oxidation sites excluding steroid dienone is 10. The summed E-state index contributed by atoms with van der Waals surface area (Å²) in [5.74, 6) is -1.64. The van der Waals surface area contributed by atoms with Crippen molar-refractivity contribution in [2.75, 3.05) is 60.5 Å². The largest absolute Gasteiger partial charge is 2.00 e. The molecule has 0 aromatic rings. The summed E-state index contributed by atoms with van der Waals surface area (Å²) in [6.07, 6.45) is 7.00. The molecule has 0 spiro atoms. The van der Waals surface area contributed by atoms with E-state index in [0.29, 0.717) is 89.1 Å². The quantitative estimate of drug-likeness (QED) is 0.0477. The van der Waals surface area contributed by atoms with Crippen molar-refractivity contribution in [1.82, 2.24) is 20.9 Å². The summed E-state index contributed by atoms with van der Waals surface area (Å²) >= 11 is 0. The fourth-order valence-electron chi connectivity index (χ4n) is 8.06. The van der Waals surface area contributed by atoms with E-state index in [9.17, 15) is 19.8 Å². The van der Waals surface area contributed by atoms with E-state index in [1.165, 1.54) is 7.11 Å². The third-order valence-corrected chi connectivity index (χ3v) is 11.4. The number of nitrogens with one attached hydrogen (secondary N) is 3. The molecule has 0 aromatic carbocycles. The van der Waals surface area contributed by atoms with E-state index in [-0.39, 0.29) is 81.8 Å². The van der Waals surface area contributed by atoms with Crippen LogP contribution in [0.4, 0.5) is 0 Å². The van der Waals surface area contributed by atoms with Gasteiger partial charge in [-0.15, -0.1) is 5.76 Å². The van der Waals surface area contributed by atoms with Gasteiger partial charge in [-0.25, -0.2) is 9.98 Å². The first-order valence-electron chi connectivity index (χ1n) is 19.9. The molecule has 58 heavy (non-hydrogen) atoms. The number of aliphatic imine (C=N–C) groups is 4. The van der Waals surface area contributed by atoms with Crippen LogP contribution in [0, 0.1) is 23.7 Å². The van der Waals surface area contributed by atoms with Crippen LogP contribution in [0.2, 0.25) is 0 Å². The van der Waals surface area contributed by atoms with Crippen molar-refractivity contribution in [3.8, 4) is 0 Å². The Morgan fingerprint density at radius 3 is 2.36 bits per heavy atom. The minimum atomic E-state index is -0.529. The molecule has 1 saturated heterocycles. The van der Waals surface area contributed by atoms with Gasteiger partial charge in [-0.1, -0.05) is 27.7 Å². The molecule has 4 N–H and O–H groups in total. The predicted molar refractivity (Wildman–Crippen MR) is 220 cm³/mol. The number of methoxy groups -OCH3 is 1. The van der Waals surface area contributed by atoms with E-state index >= 15 is 0 Å². The van der Waals surface area contributed by atoms with Crippen molar-refractivity contribution in [2.45, 2.75) is 67.2 Å². The normalized spacial score (nSPS) is 23.9. The van der Waals surface area contributed by atoms with Crippen LogP contribution in [-0.4, -0.2) is 105 Å². The number of likely N-dealkylation sites (N-methyl/N-ethyl adjacent to an activating group) is 1.